The van der Waals surface area contributed by atoms with Gasteiger partial charge < -0.3 is 5.32 Å². The molecule has 1 heterocycles. The molecule has 8 heteroatoms. The lowest BCUT2D eigenvalue weighted by Gasteiger charge is -2.13. The van der Waals surface area contributed by atoms with Crippen LogP contribution in [0, 0.1) is 5.82 Å². The third-order valence-electron chi connectivity index (χ3n) is 4.00. The third-order valence-corrected chi connectivity index (χ3v) is 5.35. The number of hydrogen-bond acceptors (Lipinski definition) is 5. The van der Waals surface area contributed by atoms with E-state index in [1.54, 1.807) is 6.07 Å². The van der Waals surface area contributed by atoms with Crippen LogP contribution in [0.3, 0.4) is 0 Å². The summed E-state index contributed by atoms with van der Waals surface area (Å²) in [7, 11) is -3.92. The molecule has 3 aromatic rings. The van der Waals surface area contributed by atoms with Gasteiger partial charge in [-0.25, -0.2) is 22.8 Å². The second kappa shape index (κ2) is 8.30. The number of benzene rings is 2. The zero-order valence-electron chi connectivity index (χ0n) is 14.9. The normalized spacial score (nSPS) is 11.5. The zero-order valence-corrected chi connectivity index (χ0v) is 15.8. The SMILES string of the molecule is CCCCCNc1nc2ccccc2nc1NS(=O)(=O)c1ccc(F)cc1. The van der Waals surface area contributed by atoms with Gasteiger partial charge in [0, 0.05) is 6.54 Å². The van der Waals surface area contributed by atoms with Gasteiger partial charge in [0.1, 0.15) is 5.82 Å². The first kappa shape index (κ1) is 19.0. The fraction of sp³-hybridized carbons (Fsp3) is 0.263. The van der Waals surface area contributed by atoms with Crippen molar-refractivity contribution in [3.05, 3.63) is 54.3 Å². The number of hydrogen-bond donors (Lipinski definition) is 2. The van der Waals surface area contributed by atoms with Crippen LogP contribution < -0.4 is 10.0 Å². The van der Waals surface area contributed by atoms with Crippen LogP contribution in [0.25, 0.3) is 11.0 Å². The molecule has 0 bridgehead atoms. The van der Waals surface area contributed by atoms with E-state index in [-0.39, 0.29) is 10.7 Å². The monoisotopic (exact) mass is 388 g/mol. The van der Waals surface area contributed by atoms with Crippen molar-refractivity contribution in [2.45, 2.75) is 31.1 Å². The van der Waals surface area contributed by atoms with Gasteiger partial charge in [-0.1, -0.05) is 31.9 Å². The Morgan fingerprint density at radius 1 is 0.926 bits per heavy atom. The van der Waals surface area contributed by atoms with Crippen molar-refractivity contribution in [2.24, 2.45) is 0 Å². The Kier molecular flexibility index (Phi) is 5.85. The molecule has 0 aliphatic carbocycles. The van der Waals surface area contributed by atoms with Crippen LogP contribution in [0.15, 0.2) is 53.4 Å². The Labute approximate surface area is 157 Å². The van der Waals surface area contributed by atoms with E-state index in [0.717, 1.165) is 31.4 Å². The fourth-order valence-electron chi connectivity index (χ4n) is 2.58. The number of sulfonamides is 1. The van der Waals surface area contributed by atoms with Crippen molar-refractivity contribution in [2.75, 3.05) is 16.6 Å². The predicted octanol–water partition coefficient (Wildman–Crippen LogP) is 4.17. The van der Waals surface area contributed by atoms with Crippen LogP contribution in [0.4, 0.5) is 16.0 Å². The minimum atomic E-state index is -3.92. The number of nitrogens with zero attached hydrogens (tertiary/aromatic N) is 2. The second-order valence-electron chi connectivity index (χ2n) is 6.10. The van der Waals surface area contributed by atoms with Crippen molar-refractivity contribution in [1.82, 2.24) is 9.97 Å². The van der Waals surface area contributed by atoms with Crippen molar-refractivity contribution < 1.29 is 12.8 Å². The Balaban J connectivity index is 1.94. The van der Waals surface area contributed by atoms with Crippen molar-refractivity contribution >= 4 is 32.7 Å². The molecule has 0 amide bonds. The molecular weight excluding hydrogens is 367 g/mol. The van der Waals surface area contributed by atoms with Gasteiger partial charge in [-0.05, 0) is 42.8 Å². The van der Waals surface area contributed by atoms with Crippen LogP contribution in [0.2, 0.25) is 0 Å². The van der Waals surface area contributed by atoms with Gasteiger partial charge in [-0.3, -0.25) is 4.72 Å². The molecule has 1 aromatic heterocycles. The summed E-state index contributed by atoms with van der Waals surface area (Å²) in [5.41, 5.74) is 1.24. The molecule has 0 spiro atoms. The predicted molar refractivity (Wildman–Crippen MR) is 105 cm³/mol. The fourth-order valence-corrected chi connectivity index (χ4v) is 3.59. The van der Waals surface area contributed by atoms with E-state index in [1.165, 1.54) is 12.1 Å². The molecule has 0 saturated heterocycles. The Morgan fingerprint density at radius 2 is 1.56 bits per heavy atom. The Hall–Kier alpha value is -2.74. The van der Waals surface area contributed by atoms with Crippen molar-refractivity contribution in [1.29, 1.82) is 0 Å². The Morgan fingerprint density at radius 3 is 2.19 bits per heavy atom. The number of fused-ring (bicyclic) bond motifs is 1. The minimum absolute atomic E-state index is 0.0456. The lowest BCUT2D eigenvalue weighted by molar-refractivity contribution is 0.599. The van der Waals surface area contributed by atoms with E-state index in [4.69, 9.17) is 0 Å². The molecule has 0 atom stereocenters. The summed E-state index contributed by atoms with van der Waals surface area (Å²) in [5.74, 6) is -0.0114. The minimum Gasteiger partial charge on any atom is -0.367 e. The number of rotatable bonds is 8. The molecule has 0 radical (unpaired) electrons. The molecule has 142 valence electrons. The van der Waals surface area contributed by atoms with Gasteiger partial charge in [-0.15, -0.1) is 0 Å². The quantitative estimate of drug-likeness (QED) is 0.566. The van der Waals surface area contributed by atoms with Crippen molar-refractivity contribution in [3.63, 3.8) is 0 Å². The summed E-state index contributed by atoms with van der Waals surface area (Å²) >= 11 is 0. The average molecular weight is 388 g/mol. The van der Waals surface area contributed by atoms with Crippen molar-refractivity contribution in [3.8, 4) is 0 Å². The van der Waals surface area contributed by atoms with Crippen LogP contribution in [-0.2, 0) is 10.0 Å². The topological polar surface area (TPSA) is 84.0 Å². The highest BCUT2D eigenvalue weighted by Crippen LogP contribution is 2.24. The molecular formula is C19H21FN4O2S. The molecule has 0 fully saturated rings. The van der Waals surface area contributed by atoms with Crippen LogP contribution in [0.1, 0.15) is 26.2 Å². The molecule has 0 aliphatic heterocycles. The second-order valence-corrected chi connectivity index (χ2v) is 7.79. The molecule has 2 N–H and O–H groups in total. The number of anilines is 2. The smallest absolute Gasteiger partial charge is 0.263 e. The van der Waals surface area contributed by atoms with Gasteiger partial charge in [0.2, 0.25) is 0 Å². The summed E-state index contributed by atoms with van der Waals surface area (Å²) in [6.07, 6.45) is 3.08. The van der Waals surface area contributed by atoms with E-state index in [0.29, 0.717) is 23.4 Å². The average Bonchev–Trinajstić information content (AvgIpc) is 2.65. The summed E-state index contributed by atoms with van der Waals surface area (Å²) in [5, 5.41) is 3.16. The standard InChI is InChI=1S/C19H21FN4O2S/c1-2-3-6-13-21-18-19(23-17-8-5-4-7-16(17)22-18)24-27(25,26)15-11-9-14(20)10-12-15/h4-5,7-12H,2-3,6,13H2,1H3,(H,21,22)(H,23,24). The van der Waals surface area contributed by atoms with E-state index >= 15 is 0 Å². The number of para-hydroxylation sites is 2. The van der Waals surface area contributed by atoms with E-state index in [2.05, 4.69) is 26.9 Å². The highest BCUT2D eigenvalue weighted by atomic mass is 32.2. The maximum atomic E-state index is 13.1. The van der Waals surface area contributed by atoms with Crippen LogP contribution >= 0.6 is 0 Å². The third kappa shape index (κ3) is 4.71. The molecule has 0 aliphatic rings. The summed E-state index contributed by atoms with van der Waals surface area (Å²) in [4.78, 5) is 8.87. The van der Waals surface area contributed by atoms with Crippen LogP contribution in [0.5, 0.6) is 0 Å². The summed E-state index contributed by atoms with van der Waals surface area (Å²) < 4.78 is 40.9. The van der Waals surface area contributed by atoms with Gasteiger partial charge >= 0.3 is 0 Å². The number of halogens is 1. The lowest BCUT2D eigenvalue weighted by Crippen LogP contribution is -2.17. The molecule has 27 heavy (non-hydrogen) atoms. The van der Waals surface area contributed by atoms with Gasteiger partial charge in [-0.2, -0.15) is 0 Å². The highest BCUT2D eigenvalue weighted by Gasteiger charge is 2.18. The highest BCUT2D eigenvalue weighted by molar-refractivity contribution is 7.92. The number of nitrogens with one attached hydrogen (secondary N) is 2. The van der Waals surface area contributed by atoms with Gasteiger partial charge in [0.25, 0.3) is 10.0 Å². The molecule has 6 nitrogen and oxygen atoms in total. The van der Waals surface area contributed by atoms with E-state index < -0.39 is 15.8 Å². The molecule has 0 saturated carbocycles. The number of aromatic nitrogens is 2. The zero-order chi connectivity index (χ0) is 19.3. The molecule has 2 aromatic carbocycles. The van der Waals surface area contributed by atoms with E-state index in [1.807, 2.05) is 18.2 Å². The maximum absolute atomic E-state index is 13.1. The molecule has 3 rings (SSSR count). The number of unbranched alkanes of at least 4 members (excludes halogenated alkanes) is 2. The first-order valence-electron chi connectivity index (χ1n) is 8.78. The largest absolute Gasteiger partial charge is 0.367 e. The van der Waals surface area contributed by atoms with Gasteiger partial charge in [0.15, 0.2) is 11.6 Å². The Bertz CT molecular complexity index is 1020. The first-order chi connectivity index (χ1) is 13.0. The maximum Gasteiger partial charge on any atom is 0.263 e. The first-order valence-corrected chi connectivity index (χ1v) is 10.3. The lowest BCUT2D eigenvalue weighted by atomic mass is 10.2. The molecule has 0 unspecified atom stereocenters. The summed E-state index contributed by atoms with van der Waals surface area (Å²) in [6.45, 7) is 2.77. The van der Waals surface area contributed by atoms with E-state index in [9.17, 15) is 12.8 Å². The van der Waals surface area contributed by atoms with Gasteiger partial charge in [0.05, 0.1) is 15.9 Å². The van der Waals surface area contributed by atoms with Crippen LogP contribution in [-0.4, -0.2) is 24.9 Å². The summed E-state index contributed by atoms with van der Waals surface area (Å²) in [6, 6.07) is 11.9.